The third-order valence-electron chi connectivity index (χ3n) is 2.94. The van der Waals surface area contributed by atoms with Gasteiger partial charge in [-0.3, -0.25) is 14.9 Å². The van der Waals surface area contributed by atoms with E-state index < -0.39 is 5.91 Å². The van der Waals surface area contributed by atoms with Crippen LogP contribution >= 0.6 is 11.6 Å². The summed E-state index contributed by atoms with van der Waals surface area (Å²) in [7, 11) is 0. The lowest BCUT2D eigenvalue weighted by Crippen LogP contribution is -2.40. The maximum absolute atomic E-state index is 11.9. The molecule has 0 bridgehead atoms. The van der Waals surface area contributed by atoms with Crippen molar-refractivity contribution in [2.45, 2.75) is 12.8 Å². The van der Waals surface area contributed by atoms with Gasteiger partial charge in [-0.05, 0) is 38.1 Å². The first-order chi connectivity index (χ1) is 8.66. The molecule has 0 radical (unpaired) electrons. The van der Waals surface area contributed by atoms with Crippen molar-refractivity contribution in [3.63, 3.8) is 0 Å². The van der Waals surface area contributed by atoms with Crippen LogP contribution in [-0.4, -0.2) is 29.9 Å². The maximum atomic E-state index is 11.9. The molecule has 1 aromatic heterocycles. The summed E-state index contributed by atoms with van der Waals surface area (Å²) < 4.78 is 0. The Hall–Kier alpha value is -1.46. The SMILES string of the molecule is O=C(NC(=O)C1CCNCC1)c1ccnc(Cl)c1. The van der Waals surface area contributed by atoms with Crippen LogP contribution < -0.4 is 10.6 Å². The second kappa shape index (κ2) is 5.93. The van der Waals surface area contributed by atoms with Crippen LogP contribution in [0.4, 0.5) is 0 Å². The summed E-state index contributed by atoms with van der Waals surface area (Å²) in [5.41, 5.74) is 0.345. The molecule has 2 N–H and O–H groups in total. The third kappa shape index (κ3) is 3.27. The molecule has 6 heteroatoms. The van der Waals surface area contributed by atoms with E-state index in [-0.39, 0.29) is 17.0 Å². The third-order valence-corrected chi connectivity index (χ3v) is 3.14. The highest BCUT2D eigenvalue weighted by Gasteiger charge is 2.22. The van der Waals surface area contributed by atoms with E-state index in [0.717, 1.165) is 25.9 Å². The van der Waals surface area contributed by atoms with Crippen LogP contribution in [0.25, 0.3) is 0 Å². The van der Waals surface area contributed by atoms with E-state index in [1.54, 1.807) is 0 Å². The van der Waals surface area contributed by atoms with Crippen molar-refractivity contribution < 1.29 is 9.59 Å². The van der Waals surface area contributed by atoms with Crippen LogP contribution in [0.15, 0.2) is 18.3 Å². The standard InChI is InChI=1S/C12H14ClN3O2/c13-10-7-9(3-6-15-10)12(18)16-11(17)8-1-4-14-5-2-8/h3,6-8,14H,1-2,4-5H2,(H,16,17,18). The Bertz CT molecular complexity index is 458. The van der Waals surface area contributed by atoms with Gasteiger partial charge in [0.1, 0.15) is 5.15 Å². The number of piperidine rings is 1. The van der Waals surface area contributed by atoms with Crippen LogP contribution in [0.2, 0.25) is 5.15 Å². The number of carbonyl (C=O) groups excluding carboxylic acids is 2. The van der Waals surface area contributed by atoms with Gasteiger partial charge >= 0.3 is 0 Å². The molecule has 18 heavy (non-hydrogen) atoms. The van der Waals surface area contributed by atoms with Crippen molar-refractivity contribution in [2.24, 2.45) is 5.92 Å². The van der Waals surface area contributed by atoms with Gasteiger partial charge in [-0.25, -0.2) is 4.98 Å². The number of hydrogen-bond acceptors (Lipinski definition) is 4. The Morgan fingerprint density at radius 3 is 2.78 bits per heavy atom. The molecule has 5 nitrogen and oxygen atoms in total. The van der Waals surface area contributed by atoms with Crippen molar-refractivity contribution in [2.75, 3.05) is 13.1 Å². The highest BCUT2D eigenvalue weighted by atomic mass is 35.5. The normalized spacial score (nSPS) is 16.3. The smallest absolute Gasteiger partial charge is 0.258 e. The molecule has 0 spiro atoms. The number of amides is 2. The summed E-state index contributed by atoms with van der Waals surface area (Å²) in [6, 6.07) is 2.96. The maximum Gasteiger partial charge on any atom is 0.258 e. The fourth-order valence-electron chi connectivity index (χ4n) is 1.91. The fourth-order valence-corrected chi connectivity index (χ4v) is 2.09. The fraction of sp³-hybridized carbons (Fsp3) is 0.417. The molecule has 1 aromatic rings. The topological polar surface area (TPSA) is 71.1 Å². The molecule has 0 aliphatic carbocycles. The Kier molecular flexibility index (Phi) is 4.28. The first-order valence-electron chi connectivity index (χ1n) is 5.84. The van der Waals surface area contributed by atoms with Crippen LogP contribution in [0.3, 0.4) is 0 Å². The number of aromatic nitrogens is 1. The Morgan fingerprint density at radius 1 is 1.39 bits per heavy atom. The van der Waals surface area contributed by atoms with Crippen molar-refractivity contribution in [1.82, 2.24) is 15.6 Å². The number of nitrogens with zero attached hydrogens (tertiary/aromatic N) is 1. The zero-order valence-electron chi connectivity index (χ0n) is 9.78. The molecular weight excluding hydrogens is 254 g/mol. The van der Waals surface area contributed by atoms with Gasteiger partial charge in [-0.15, -0.1) is 0 Å². The average Bonchev–Trinajstić information content (AvgIpc) is 2.39. The zero-order valence-corrected chi connectivity index (χ0v) is 10.5. The van der Waals surface area contributed by atoms with Gasteiger partial charge in [-0.1, -0.05) is 11.6 Å². The largest absolute Gasteiger partial charge is 0.317 e. The molecule has 0 unspecified atom stereocenters. The van der Waals surface area contributed by atoms with Gasteiger partial charge in [-0.2, -0.15) is 0 Å². The number of rotatable bonds is 2. The van der Waals surface area contributed by atoms with E-state index in [1.165, 1.54) is 18.3 Å². The van der Waals surface area contributed by atoms with E-state index in [0.29, 0.717) is 5.56 Å². The number of hydrogen-bond donors (Lipinski definition) is 2. The minimum atomic E-state index is -0.428. The lowest BCUT2D eigenvalue weighted by atomic mass is 9.97. The molecule has 1 saturated heterocycles. The summed E-state index contributed by atoms with van der Waals surface area (Å²) in [6.45, 7) is 1.63. The Morgan fingerprint density at radius 2 is 2.11 bits per heavy atom. The van der Waals surface area contributed by atoms with Gasteiger partial charge in [0.25, 0.3) is 5.91 Å². The van der Waals surface area contributed by atoms with Crippen molar-refractivity contribution >= 4 is 23.4 Å². The zero-order chi connectivity index (χ0) is 13.0. The van der Waals surface area contributed by atoms with E-state index >= 15 is 0 Å². The highest BCUT2D eigenvalue weighted by molar-refractivity contribution is 6.29. The quantitative estimate of drug-likeness (QED) is 0.619. The van der Waals surface area contributed by atoms with Crippen LogP contribution in [0.5, 0.6) is 0 Å². The Labute approximate surface area is 110 Å². The van der Waals surface area contributed by atoms with E-state index in [4.69, 9.17) is 11.6 Å². The van der Waals surface area contributed by atoms with Crippen molar-refractivity contribution in [3.8, 4) is 0 Å². The first-order valence-corrected chi connectivity index (χ1v) is 6.22. The van der Waals surface area contributed by atoms with Crippen LogP contribution in [0.1, 0.15) is 23.2 Å². The molecule has 0 aromatic carbocycles. The summed E-state index contributed by atoms with van der Waals surface area (Å²) in [5, 5.41) is 5.81. The van der Waals surface area contributed by atoms with Gasteiger partial charge in [0, 0.05) is 17.7 Å². The molecule has 0 atom stereocenters. The van der Waals surface area contributed by atoms with E-state index in [2.05, 4.69) is 15.6 Å². The number of imide groups is 1. The van der Waals surface area contributed by atoms with E-state index in [1.807, 2.05) is 0 Å². The van der Waals surface area contributed by atoms with Crippen molar-refractivity contribution in [3.05, 3.63) is 29.0 Å². The lowest BCUT2D eigenvalue weighted by molar-refractivity contribution is -0.124. The molecule has 1 aliphatic heterocycles. The van der Waals surface area contributed by atoms with Gasteiger partial charge < -0.3 is 5.32 Å². The average molecular weight is 268 g/mol. The monoisotopic (exact) mass is 267 g/mol. The number of carbonyl (C=O) groups is 2. The number of nitrogens with one attached hydrogen (secondary N) is 2. The Balaban J connectivity index is 1.96. The molecule has 2 rings (SSSR count). The predicted octanol–water partition coefficient (Wildman–Crippen LogP) is 0.991. The summed E-state index contributed by atoms with van der Waals surface area (Å²) in [6.07, 6.45) is 2.96. The summed E-state index contributed by atoms with van der Waals surface area (Å²) in [4.78, 5) is 27.5. The van der Waals surface area contributed by atoms with Gasteiger partial charge in [0.05, 0.1) is 0 Å². The molecule has 2 amide bonds. The summed E-state index contributed by atoms with van der Waals surface area (Å²) in [5.74, 6) is -0.732. The molecule has 0 saturated carbocycles. The number of pyridine rings is 1. The lowest BCUT2D eigenvalue weighted by Gasteiger charge is -2.21. The number of halogens is 1. The van der Waals surface area contributed by atoms with Gasteiger partial charge in [0.15, 0.2) is 0 Å². The van der Waals surface area contributed by atoms with Crippen LogP contribution in [-0.2, 0) is 4.79 Å². The second-order valence-corrected chi connectivity index (χ2v) is 4.60. The molecular formula is C12H14ClN3O2. The minimum Gasteiger partial charge on any atom is -0.317 e. The highest BCUT2D eigenvalue weighted by Crippen LogP contribution is 2.12. The van der Waals surface area contributed by atoms with E-state index in [9.17, 15) is 9.59 Å². The molecule has 96 valence electrons. The first kappa shape index (κ1) is 13.0. The minimum absolute atomic E-state index is 0.0903. The van der Waals surface area contributed by atoms with Crippen molar-refractivity contribution in [1.29, 1.82) is 0 Å². The van der Waals surface area contributed by atoms with Crippen LogP contribution in [0, 0.1) is 5.92 Å². The molecule has 2 heterocycles. The summed E-state index contributed by atoms with van der Waals surface area (Å²) >= 11 is 5.69. The predicted molar refractivity (Wildman–Crippen MR) is 67.3 cm³/mol. The molecule has 1 fully saturated rings. The second-order valence-electron chi connectivity index (χ2n) is 4.21. The van der Waals surface area contributed by atoms with Gasteiger partial charge in [0.2, 0.25) is 5.91 Å². The molecule has 1 aliphatic rings.